The molecule has 3 fully saturated rings. The number of hydrogen-bond donors (Lipinski definition) is 4. The van der Waals surface area contributed by atoms with E-state index in [-0.39, 0.29) is 62.4 Å². The summed E-state index contributed by atoms with van der Waals surface area (Å²) in [5.41, 5.74) is -0.687. The Morgan fingerprint density at radius 1 is 0.945 bits per heavy atom. The average molecular weight is 1010 g/mol. The van der Waals surface area contributed by atoms with Crippen molar-refractivity contribution in [2.24, 2.45) is 16.2 Å². The molecule has 3 aliphatic rings. The lowest BCUT2D eigenvalue weighted by molar-refractivity contribution is -0.164. The molecule has 73 heavy (non-hydrogen) atoms. The number of oxazole rings is 1. The highest BCUT2D eigenvalue weighted by atomic mass is 19.4. The van der Waals surface area contributed by atoms with Gasteiger partial charge < -0.3 is 44.6 Å². The van der Waals surface area contributed by atoms with Crippen molar-refractivity contribution in [3.63, 3.8) is 0 Å². The summed E-state index contributed by atoms with van der Waals surface area (Å²) in [7, 11) is 0. The molecule has 19 heteroatoms. The second kappa shape index (κ2) is 21.9. The number of nitrogens with zero attached hydrogens (tertiary/aromatic N) is 4. The molecular formula is C54H66F3N7O9. The van der Waals surface area contributed by atoms with E-state index in [0.29, 0.717) is 49.6 Å². The zero-order valence-corrected chi connectivity index (χ0v) is 42.6. The number of carbonyl (C=O) groups is 4. The second-order valence-electron chi connectivity index (χ2n) is 21.5. The van der Waals surface area contributed by atoms with E-state index < -0.39 is 69.7 Å². The minimum atomic E-state index is -4.72. The molecule has 2 aliphatic heterocycles. The average Bonchev–Trinajstić information content (AvgIpc) is 3.96. The van der Waals surface area contributed by atoms with E-state index >= 15 is 0 Å². The van der Waals surface area contributed by atoms with Crippen LogP contribution in [-0.2, 0) is 31.8 Å². The van der Waals surface area contributed by atoms with E-state index in [2.05, 4.69) is 20.9 Å². The number of aliphatic hydroxyl groups excluding tert-OH is 1. The third-order valence-corrected chi connectivity index (χ3v) is 14.2. The maximum Gasteiger partial charge on any atom is 0.417 e. The number of aliphatic hydroxyl groups is 1. The van der Waals surface area contributed by atoms with Crippen molar-refractivity contribution in [3.05, 3.63) is 101 Å². The normalized spacial score (nSPS) is 21.3. The van der Waals surface area contributed by atoms with E-state index in [1.54, 1.807) is 30.3 Å². The number of aryl methyl sites for hydroxylation is 1. The number of β-amino-alcohol motifs (C(OH)–C–C–N with tert-alkyl or cyclic N) is 1. The fraction of sp³-hybridized carbons (Fsp3) is 0.519. The van der Waals surface area contributed by atoms with Crippen LogP contribution in [0.1, 0.15) is 100 Å². The van der Waals surface area contributed by atoms with Crippen LogP contribution in [0.15, 0.2) is 77.5 Å². The number of hydrogen-bond acceptors (Lipinski definition) is 12. The first kappa shape index (κ1) is 54.3. The summed E-state index contributed by atoms with van der Waals surface area (Å²) < 4.78 is 64.4. The molecule has 4 aromatic rings. The van der Waals surface area contributed by atoms with Crippen LogP contribution in [0.5, 0.6) is 11.5 Å². The minimum Gasteiger partial charge on any atom is -0.491 e. The molecular weight excluding hydrogens is 948 g/mol. The van der Waals surface area contributed by atoms with Crippen LogP contribution in [0.4, 0.5) is 13.2 Å². The van der Waals surface area contributed by atoms with Gasteiger partial charge in [-0.3, -0.25) is 24.1 Å². The van der Waals surface area contributed by atoms with Crippen molar-refractivity contribution in [1.82, 2.24) is 30.7 Å². The summed E-state index contributed by atoms with van der Waals surface area (Å²) in [6.45, 7) is 17.0. The molecule has 0 radical (unpaired) electrons. The SMILES string of the molecule is Cc1ncoc1-c1ccc(CNC(=O)[C@@H]2C[C@@H](O)CN2C(=O)[C@@H](NC(=O)CN2CCC(OCCOc3ccc(C(=O)NC4C(C)(C)C(Oc5ccc(C#N)c(C(F)(F)F)c5)C4(C)C)cc3)CC2)C(C)(C)C)cc1. The highest BCUT2D eigenvalue weighted by molar-refractivity contribution is 5.95. The van der Waals surface area contributed by atoms with Gasteiger partial charge in [-0.1, -0.05) is 72.7 Å². The summed E-state index contributed by atoms with van der Waals surface area (Å²) in [5, 5.41) is 28.7. The molecule has 16 nitrogen and oxygen atoms in total. The van der Waals surface area contributed by atoms with Gasteiger partial charge in [0.05, 0.1) is 48.2 Å². The first-order valence-electron chi connectivity index (χ1n) is 24.6. The van der Waals surface area contributed by atoms with Gasteiger partial charge in [0.25, 0.3) is 5.91 Å². The van der Waals surface area contributed by atoms with E-state index in [4.69, 9.17) is 23.9 Å². The lowest BCUT2D eigenvalue weighted by Gasteiger charge is -2.63. The van der Waals surface area contributed by atoms with Crippen LogP contribution >= 0.6 is 0 Å². The number of rotatable bonds is 17. The Kier molecular flexibility index (Phi) is 16.3. The van der Waals surface area contributed by atoms with Crippen LogP contribution in [0.25, 0.3) is 11.3 Å². The largest absolute Gasteiger partial charge is 0.491 e. The summed E-state index contributed by atoms with van der Waals surface area (Å²) in [6.07, 6.45) is -3.36. The number of piperidine rings is 1. The maximum absolute atomic E-state index is 14.1. The number of aromatic nitrogens is 1. The topological polar surface area (TPSA) is 209 Å². The highest BCUT2D eigenvalue weighted by Gasteiger charge is 2.64. The number of likely N-dealkylation sites (tertiary alicyclic amines) is 2. The van der Waals surface area contributed by atoms with Gasteiger partial charge in [-0.25, -0.2) is 4.98 Å². The van der Waals surface area contributed by atoms with Gasteiger partial charge in [0.2, 0.25) is 17.7 Å². The van der Waals surface area contributed by atoms with Crippen molar-refractivity contribution in [3.8, 4) is 28.9 Å². The standard InChI is InChI=1S/C54H66F3N7O9/c1-32-44(72-31-60-32)34-11-9-33(10-12-34)28-59-47(68)42-25-37(65)29-64(42)48(69)45(51(2,3)4)61-43(66)30-63-21-19-39(20-22-63)71-24-23-70-38-16-13-35(14-17-38)46(67)62-49-52(5,6)50(53(49,7)8)73-40-18-15-36(27-58)41(26-40)54(55,56)57/h9-18,26,31,37,39,42,45,49-50,65H,19-25,28-30H2,1-8H3,(H,59,68)(H,61,66)(H,62,67)/t37-,42+,45-,49?,50?/m1/s1. The van der Waals surface area contributed by atoms with Gasteiger partial charge in [-0.2, -0.15) is 18.4 Å². The molecule has 3 atom stereocenters. The minimum absolute atomic E-state index is 0.00956. The third-order valence-electron chi connectivity index (χ3n) is 14.2. The Balaban J connectivity index is 0.813. The highest BCUT2D eigenvalue weighted by Crippen LogP contribution is 2.56. The summed E-state index contributed by atoms with van der Waals surface area (Å²) in [4.78, 5) is 62.0. The van der Waals surface area contributed by atoms with Crippen molar-refractivity contribution >= 4 is 23.6 Å². The fourth-order valence-electron chi connectivity index (χ4n) is 10.6. The molecule has 7 rings (SSSR count). The lowest BCUT2D eigenvalue weighted by atomic mass is 9.49. The number of nitrogens with one attached hydrogen (secondary N) is 3. The third kappa shape index (κ3) is 12.7. The van der Waals surface area contributed by atoms with E-state index in [1.807, 2.05) is 84.6 Å². The van der Waals surface area contributed by atoms with Crippen LogP contribution in [0.3, 0.4) is 0 Å². The smallest absolute Gasteiger partial charge is 0.417 e. The number of halogens is 3. The van der Waals surface area contributed by atoms with Crippen molar-refractivity contribution < 1.29 is 56.1 Å². The molecule has 4 N–H and O–H groups in total. The maximum atomic E-state index is 14.1. The first-order chi connectivity index (χ1) is 34.4. The molecule has 0 unspecified atom stereocenters. The monoisotopic (exact) mass is 1010 g/mol. The number of benzene rings is 3. The molecule has 3 aromatic carbocycles. The summed E-state index contributed by atoms with van der Waals surface area (Å²) >= 11 is 0. The van der Waals surface area contributed by atoms with Crippen LogP contribution in [-0.4, -0.2) is 119 Å². The van der Waals surface area contributed by atoms with Gasteiger partial charge in [0.1, 0.15) is 36.3 Å². The molecule has 1 aliphatic carbocycles. The molecule has 3 heterocycles. The van der Waals surface area contributed by atoms with Gasteiger partial charge in [0, 0.05) is 60.6 Å². The Hall–Kier alpha value is -6.49. The molecule has 0 bridgehead atoms. The van der Waals surface area contributed by atoms with Crippen molar-refractivity contribution in [2.45, 2.75) is 124 Å². The number of ether oxygens (including phenoxy) is 3. The zero-order chi connectivity index (χ0) is 53.0. The van der Waals surface area contributed by atoms with Gasteiger partial charge in [-0.15, -0.1) is 0 Å². The lowest BCUT2D eigenvalue weighted by Crippen LogP contribution is -2.74. The van der Waals surface area contributed by atoms with E-state index in [1.165, 1.54) is 17.4 Å². The van der Waals surface area contributed by atoms with Crippen LogP contribution in [0.2, 0.25) is 0 Å². The molecule has 2 saturated heterocycles. The van der Waals surface area contributed by atoms with Gasteiger partial charge in [0.15, 0.2) is 12.2 Å². The van der Waals surface area contributed by atoms with Crippen molar-refractivity contribution in [1.29, 1.82) is 5.26 Å². The van der Waals surface area contributed by atoms with Gasteiger partial charge in [-0.05, 0) is 73.2 Å². The molecule has 4 amide bonds. The second-order valence-corrected chi connectivity index (χ2v) is 21.5. The Bertz CT molecular complexity index is 2630. The van der Waals surface area contributed by atoms with E-state index in [0.717, 1.165) is 29.0 Å². The first-order valence-corrected chi connectivity index (χ1v) is 24.6. The zero-order valence-electron chi connectivity index (χ0n) is 42.6. The number of alkyl halides is 3. The van der Waals surface area contributed by atoms with E-state index in [9.17, 15) is 37.5 Å². The summed E-state index contributed by atoms with van der Waals surface area (Å²) in [5.74, 6) is -0.260. The molecule has 1 saturated carbocycles. The van der Waals surface area contributed by atoms with Crippen LogP contribution < -0.4 is 25.4 Å². The predicted molar refractivity (Wildman–Crippen MR) is 263 cm³/mol. The quantitative estimate of drug-likeness (QED) is 0.0804. The Morgan fingerprint density at radius 3 is 2.21 bits per heavy atom. The molecule has 1 aromatic heterocycles. The number of carbonyl (C=O) groups excluding carboxylic acids is 4. The number of nitriles is 1. The Labute approximate surface area is 423 Å². The van der Waals surface area contributed by atoms with Gasteiger partial charge >= 0.3 is 6.18 Å². The number of amides is 4. The summed E-state index contributed by atoms with van der Waals surface area (Å²) in [6, 6.07) is 16.8. The molecule has 392 valence electrons. The van der Waals surface area contributed by atoms with Crippen LogP contribution in [0, 0.1) is 34.5 Å². The predicted octanol–water partition coefficient (Wildman–Crippen LogP) is 6.82. The fourth-order valence-corrected chi connectivity index (χ4v) is 10.6. The van der Waals surface area contributed by atoms with Crippen molar-refractivity contribution in [2.75, 3.05) is 39.4 Å². The molecule has 0 spiro atoms. The Morgan fingerprint density at radius 2 is 1.60 bits per heavy atom.